The molecule has 0 bridgehead atoms. The van der Waals surface area contributed by atoms with Crippen molar-refractivity contribution in [3.8, 4) is 11.1 Å². The second-order valence-corrected chi connectivity index (χ2v) is 11.3. The quantitative estimate of drug-likeness (QED) is 0.427. The van der Waals surface area contributed by atoms with Crippen molar-refractivity contribution in [2.24, 2.45) is 0 Å². The summed E-state index contributed by atoms with van der Waals surface area (Å²) >= 11 is 0. The van der Waals surface area contributed by atoms with Crippen molar-refractivity contribution in [3.63, 3.8) is 0 Å². The summed E-state index contributed by atoms with van der Waals surface area (Å²) in [5.41, 5.74) is 5.67. The number of carbonyl (C=O) groups is 1. The average Bonchev–Trinajstić information content (AvgIpc) is 3.50. The molecule has 0 radical (unpaired) electrons. The number of sulfonamides is 1. The van der Waals surface area contributed by atoms with E-state index in [2.05, 4.69) is 10.4 Å². The van der Waals surface area contributed by atoms with E-state index in [-0.39, 0.29) is 16.5 Å². The molecule has 1 N–H and O–H groups in total. The molecule has 5 rings (SSSR count). The van der Waals surface area contributed by atoms with Crippen LogP contribution >= 0.6 is 0 Å². The van der Waals surface area contributed by atoms with Gasteiger partial charge in [-0.1, -0.05) is 30.3 Å². The molecule has 9 heteroatoms. The fraction of sp³-hybridized carbons (Fsp3) is 0.296. The summed E-state index contributed by atoms with van der Waals surface area (Å²) in [6, 6.07) is 14.7. The van der Waals surface area contributed by atoms with Gasteiger partial charge in [0.2, 0.25) is 10.0 Å². The zero-order valence-corrected chi connectivity index (χ0v) is 21.7. The van der Waals surface area contributed by atoms with E-state index < -0.39 is 10.0 Å². The van der Waals surface area contributed by atoms with Crippen LogP contribution in [0.3, 0.4) is 0 Å². The maximum Gasteiger partial charge on any atom is 0.276 e. The normalized spacial score (nSPS) is 14.4. The third kappa shape index (κ3) is 4.18. The molecule has 0 spiro atoms. The Morgan fingerprint density at radius 1 is 0.944 bits per heavy atom. The van der Waals surface area contributed by atoms with Gasteiger partial charge in [0, 0.05) is 30.2 Å². The monoisotopic (exact) mass is 503 g/mol. The van der Waals surface area contributed by atoms with Crippen LogP contribution in [0.25, 0.3) is 16.8 Å². The van der Waals surface area contributed by atoms with Crippen LogP contribution in [0.5, 0.6) is 0 Å². The van der Waals surface area contributed by atoms with E-state index in [0.29, 0.717) is 41.1 Å². The number of nitrogens with zero attached hydrogens (tertiary/aromatic N) is 4. The first-order valence-electron chi connectivity index (χ1n) is 12.0. The highest BCUT2D eigenvalue weighted by atomic mass is 32.2. The lowest BCUT2D eigenvalue weighted by Crippen LogP contribution is -2.28. The fourth-order valence-electron chi connectivity index (χ4n) is 4.74. The Labute approximate surface area is 211 Å². The molecule has 1 amide bonds. The van der Waals surface area contributed by atoms with Crippen molar-refractivity contribution in [2.75, 3.05) is 18.4 Å². The first-order valence-corrected chi connectivity index (χ1v) is 13.5. The SMILES string of the molecule is Cc1cc(C)n2nc(C(=O)Nc3ccccc3C)c(-c3ccc(C)c(S(=O)(=O)N4CCCC4)c3)c2n1. The molecule has 2 aromatic carbocycles. The van der Waals surface area contributed by atoms with Crippen LogP contribution in [0.4, 0.5) is 5.69 Å². The molecular formula is C27H29N5O3S. The lowest BCUT2D eigenvalue weighted by atomic mass is 10.0. The van der Waals surface area contributed by atoms with Crippen LogP contribution in [-0.4, -0.2) is 46.3 Å². The van der Waals surface area contributed by atoms with Gasteiger partial charge in [0.25, 0.3) is 5.91 Å². The van der Waals surface area contributed by atoms with Crippen LogP contribution in [0.2, 0.25) is 0 Å². The molecule has 0 atom stereocenters. The summed E-state index contributed by atoms with van der Waals surface area (Å²) < 4.78 is 30.1. The summed E-state index contributed by atoms with van der Waals surface area (Å²) in [7, 11) is -3.65. The van der Waals surface area contributed by atoms with Crippen molar-refractivity contribution in [3.05, 3.63) is 76.7 Å². The first kappa shape index (κ1) is 24.1. The number of amides is 1. The second-order valence-electron chi connectivity index (χ2n) is 9.36. The predicted molar refractivity (Wildman–Crippen MR) is 140 cm³/mol. The number of carbonyl (C=O) groups excluding carboxylic acids is 1. The highest BCUT2D eigenvalue weighted by Crippen LogP contribution is 2.33. The van der Waals surface area contributed by atoms with Gasteiger partial charge in [-0.2, -0.15) is 9.40 Å². The molecule has 0 unspecified atom stereocenters. The van der Waals surface area contributed by atoms with E-state index >= 15 is 0 Å². The van der Waals surface area contributed by atoms with Gasteiger partial charge in [-0.25, -0.2) is 17.9 Å². The van der Waals surface area contributed by atoms with Crippen molar-refractivity contribution in [2.45, 2.75) is 45.4 Å². The first-order chi connectivity index (χ1) is 17.2. The molecule has 4 aromatic rings. The lowest BCUT2D eigenvalue weighted by molar-refractivity contribution is 0.102. The molecule has 1 aliphatic heterocycles. The van der Waals surface area contributed by atoms with Gasteiger partial charge in [0.05, 0.1) is 10.5 Å². The van der Waals surface area contributed by atoms with Gasteiger partial charge in [-0.3, -0.25) is 4.79 Å². The third-order valence-corrected chi connectivity index (χ3v) is 8.70. The molecular weight excluding hydrogens is 474 g/mol. The molecule has 186 valence electrons. The highest BCUT2D eigenvalue weighted by Gasteiger charge is 2.30. The molecule has 1 aliphatic rings. The summed E-state index contributed by atoms with van der Waals surface area (Å²) in [6.07, 6.45) is 1.72. The average molecular weight is 504 g/mol. The van der Waals surface area contributed by atoms with Crippen molar-refractivity contribution < 1.29 is 13.2 Å². The summed E-state index contributed by atoms with van der Waals surface area (Å²) in [6.45, 7) is 8.54. The highest BCUT2D eigenvalue weighted by molar-refractivity contribution is 7.89. The number of hydrogen-bond donors (Lipinski definition) is 1. The van der Waals surface area contributed by atoms with Crippen LogP contribution < -0.4 is 5.32 Å². The summed E-state index contributed by atoms with van der Waals surface area (Å²) in [4.78, 5) is 18.5. The van der Waals surface area contributed by atoms with E-state index in [0.717, 1.165) is 29.8 Å². The minimum Gasteiger partial charge on any atom is -0.320 e. The summed E-state index contributed by atoms with van der Waals surface area (Å²) in [5.74, 6) is -0.383. The Bertz CT molecular complexity index is 1600. The van der Waals surface area contributed by atoms with E-state index in [4.69, 9.17) is 4.98 Å². The Kier molecular flexibility index (Phi) is 6.13. The number of aryl methyl sites for hydroxylation is 4. The smallest absolute Gasteiger partial charge is 0.276 e. The van der Waals surface area contributed by atoms with Crippen LogP contribution in [-0.2, 0) is 10.0 Å². The molecule has 0 saturated carbocycles. The topological polar surface area (TPSA) is 96.7 Å². The van der Waals surface area contributed by atoms with E-state index in [1.54, 1.807) is 23.6 Å². The van der Waals surface area contributed by atoms with Crippen LogP contribution in [0.15, 0.2) is 53.4 Å². The minimum absolute atomic E-state index is 0.188. The molecule has 0 aliphatic carbocycles. The largest absolute Gasteiger partial charge is 0.320 e. The standard InChI is InChI=1S/C27H29N5O3S/c1-17-9-5-6-10-22(17)29-27(33)25-24(26-28-19(3)15-20(4)32(26)30-25)21-12-11-18(2)23(16-21)36(34,35)31-13-7-8-14-31/h5-6,9-12,15-16H,7-8,13-14H2,1-4H3,(H,29,33). The van der Waals surface area contributed by atoms with E-state index in [9.17, 15) is 13.2 Å². The number of rotatable bonds is 5. The lowest BCUT2D eigenvalue weighted by Gasteiger charge is -2.18. The maximum absolute atomic E-state index is 13.5. The van der Waals surface area contributed by atoms with Crippen LogP contribution in [0, 0.1) is 27.7 Å². The van der Waals surface area contributed by atoms with E-state index in [1.165, 1.54) is 4.31 Å². The summed E-state index contributed by atoms with van der Waals surface area (Å²) in [5, 5.41) is 7.59. The number of nitrogens with one attached hydrogen (secondary N) is 1. The predicted octanol–water partition coefficient (Wildman–Crippen LogP) is 4.67. The molecule has 8 nitrogen and oxygen atoms in total. The number of hydrogen-bond acceptors (Lipinski definition) is 5. The Morgan fingerprint density at radius 2 is 1.67 bits per heavy atom. The maximum atomic E-state index is 13.5. The fourth-order valence-corrected chi connectivity index (χ4v) is 6.51. The molecule has 1 fully saturated rings. The molecule has 36 heavy (non-hydrogen) atoms. The number of benzene rings is 2. The Morgan fingerprint density at radius 3 is 2.39 bits per heavy atom. The minimum atomic E-state index is -3.65. The van der Waals surface area contributed by atoms with Gasteiger partial charge >= 0.3 is 0 Å². The number of anilines is 1. The Hall–Kier alpha value is -3.56. The van der Waals surface area contributed by atoms with Crippen molar-refractivity contribution in [1.29, 1.82) is 0 Å². The van der Waals surface area contributed by atoms with Crippen molar-refractivity contribution >= 4 is 27.3 Å². The van der Waals surface area contributed by atoms with Gasteiger partial charge < -0.3 is 5.32 Å². The Balaban J connectivity index is 1.70. The van der Waals surface area contributed by atoms with Crippen molar-refractivity contribution in [1.82, 2.24) is 18.9 Å². The molecule has 2 aromatic heterocycles. The van der Waals surface area contributed by atoms with Gasteiger partial charge in [-0.15, -0.1) is 0 Å². The van der Waals surface area contributed by atoms with Crippen LogP contribution in [0.1, 0.15) is 45.8 Å². The number of aromatic nitrogens is 3. The molecule has 1 saturated heterocycles. The van der Waals surface area contributed by atoms with Gasteiger partial charge in [0.15, 0.2) is 11.3 Å². The van der Waals surface area contributed by atoms with E-state index in [1.807, 2.05) is 57.2 Å². The number of fused-ring (bicyclic) bond motifs is 1. The van der Waals surface area contributed by atoms with Gasteiger partial charge in [-0.05, 0) is 75.4 Å². The number of para-hydroxylation sites is 1. The second kappa shape index (κ2) is 9.15. The zero-order valence-electron chi connectivity index (χ0n) is 20.9. The van der Waals surface area contributed by atoms with Gasteiger partial charge in [0.1, 0.15) is 0 Å². The molecule has 3 heterocycles. The zero-order chi connectivity index (χ0) is 25.6. The third-order valence-electron chi connectivity index (χ3n) is 6.66.